The topological polar surface area (TPSA) is 58.6 Å². The van der Waals surface area contributed by atoms with Crippen molar-refractivity contribution >= 4 is 5.91 Å². The molecule has 0 atom stereocenters. The fourth-order valence-electron chi connectivity index (χ4n) is 5.01. The minimum atomic E-state index is -4.44. The maximum Gasteiger partial charge on any atom is 0.416 e. The van der Waals surface area contributed by atoms with E-state index in [4.69, 9.17) is 4.74 Å². The smallest absolute Gasteiger partial charge is 0.379 e. The average molecular weight is 475 g/mol. The number of ether oxygens (including phenoxy) is 1. The highest BCUT2D eigenvalue weighted by Crippen LogP contribution is 2.42. The molecule has 2 aromatic rings. The largest absolute Gasteiger partial charge is 0.416 e. The Morgan fingerprint density at radius 1 is 1.03 bits per heavy atom. The Bertz CT molecular complexity index is 1060. The number of likely N-dealkylation sites (tertiary alicyclic amines) is 1. The summed E-state index contributed by atoms with van der Waals surface area (Å²) < 4.78 is 45.1. The van der Waals surface area contributed by atoms with E-state index in [-0.39, 0.29) is 17.6 Å². The van der Waals surface area contributed by atoms with Gasteiger partial charge in [-0.05, 0) is 44.7 Å². The molecule has 0 radical (unpaired) electrons. The molecule has 9 heteroatoms. The van der Waals surface area contributed by atoms with Crippen LogP contribution in [0.3, 0.4) is 0 Å². The SMILES string of the molecule is Cc1nc(-c2cccc(C(F)(F)F)c2)nc(C2CC2)c1C(=O)N1CCC(N2CCOCC2)CC1. The fourth-order valence-corrected chi connectivity index (χ4v) is 5.01. The van der Waals surface area contributed by atoms with E-state index in [2.05, 4.69) is 14.9 Å². The normalized spacial score (nSPS) is 20.5. The Balaban J connectivity index is 1.38. The minimum absolute atomic E-state index is 0.0598. The summed E-state index contributed by atoms with van der Waals surface area (Å²) in [5.74, 6) is 0.347. The van der Waals surface area contributed by atoms with Crippen LogP contribution < -0.4 is 0 Å². The van der Waals surface area contributed by atoms with E-state index in [1.54, 1.807) is 13.0 Å². The lowest BCUT2D eigenvalue weighted by atomic mass is 10.00. The molecule has 1 aromatic carbocycles. The number of rotatable bonds is 4. The zero-order chi connectivity index (χ0) is 23.9. The van der Waals surface area contributed by atoms with Gasteiger partial charge >= 0.3 is 6.18 Å². The maximum atomic E-state index is 13.6. The quantitative estimate of drug-likeness (QED) is 0.662. The van der Waals surface area contributed by atoms with E-state index < -0.39 is 11.7 Å². The molecule has 1 aromatic heterocycles. The van der Waals surface area contributed by atoms with Gasteiger partial charge in [0.25, 0.3) is 5.91 Å². The van der Waals surface area contributed by atoms with E-state index in [0.717, 1.165) is 64.1 Å². The van der Waals surface area contributed by atoms with E-state index in [9.17, 15) is 18.0 Å². The molecule has 1 amide bonds. The second-order valence-corrected chi connectivity index (χ2v) is 9.42. The van der Waals surface area contributed by atoms with Gasteiger partial charge in [-0.3, -0.25) is 9.69 Å². The van der Waals surface area contributed by atoms with Crippen LogP contribution in [0.15, 0.2) is 24.3 Å². The number of amides is 1. The number of carbonyl (C=O) groups excluding carboxylic acids is 1. The second-order valence-electron chi connectivity index (χ2n) is 9.42. The molecule has 3 aliphatic rings. The van der Waals surface area contributed by atoms with Crippen molar-refractivity contribution in [1.29, 1.82) is 0 Å². The molecule has 1 aliphatic carbocycles. The summed E-state index contributed by atoms with van der Waals surface area (Å²) in [5, 5.41) is 0. The molecule has 3 fully saturated rings. The summed E-state index contributed by atoms with van der Waals surface area (Å²) in [7, 11) is 0. The van der Waals surface area contributed by atoms with Crippen LogP contribution >= 0.6 is 0 Å². The van der Waals surface area contributed by atoms with Crippen LogP contribution in [0.5, 0.6) is 0 Å². The van der Waals surface area contributed by atoms with Crippen molar-refractivity contribution in [2.24, 2.45) is 0 Å². The Labute approximate surface area is 197 Å². The standard InChI is InChI=1S/C25H29F3N4O2/c1-16-21(24(33)32-9-7-20(8-10-32)31-11-13-34-14-12-31)22(17-5-6-17)30-23(29-16)18-3-2-4-19(15-18)25(26,27)28/h2-4,15,17,20H,5-14H2,1H3. The van der Waals surface area contributed by atoms with E-state index in [1.165, 1.54) is 6.07 Å². The summed E-state index contributed by atoms with van der Waals surface area (Å²) in [4.78, 5) is 27.0. The van der Waals surface area contributed by atoms with E-state index in [1.807, 2.05) is 4.90 Å². The number of alkyl halides is 3. The lowest BCUT2D eigenvalue weighted by molar-refractivity contribution is -0.137. The molecule has 3 heterocycles. The molecule has 0 spiro atoms. The van der Waals surface area contributed by atoms with Crippen molar-refractivity contribution in [2.45, 2.75) is 50.7 Å². The van der Waals surface area contributed by atoms with E-state index >= 15 is 0 Å². The van der Waals surface area contributed by atoms with Crippen molar-refractivity contribution < 1.29 is 22.7 Å². The van der Waals surface area contributed by atoms with Gasteiger partial charge in [0.1, 0.15) is 0 Å². The molecular weight excluding hydrogens is 445 g/mol. The van der Waals surface area contributed by atoms with Crippen molar-refractivity contribution in [3.05, 3.63) is 46.8 Å². The van der Waals surface area contributed by atoms with Gasteiger partial charge in [-0.25, -0.2) is 9.97 Å². The highest BCUT2D eigenvalue weighted by atomic mass is 19.4. The van der Waals surface area contributed by atoms with Crippen LogP contribution in [0, 0.1) is 6.92 Å². The first-order chi connectivity index (χ1) is 16.3. The Morgan fingerprint density at radius 3 is 2.38 bits per heavy atom. The minimum Gasteiger partial charge on any atom is -0.379 e. The van der Waals surface area contributed by atoms with Crippen LogP contribution in [0.25, 0.3) is 11.4 Å². The molecule has 2 saturated heterocycles. The molecular formula is C25H29F3N4O2. The summed E-state index contributed by atoms with van der Waals surface area (Å²) in [6.07, 6.45) is -0.733. The van der Waals surface area contributed by atoms with Crippen LogP contribution in [0.1, 0.15) is 58.9 Å². The molecule has 0 bridgehead atoms. The molecule has 1 saturated carbocycles. The number of aryl methyl sites for hydroxylation is 1. The highest BCUT2D eigenvalue weighted by Gasteiger charge is 2.36. The fraction of sp³-hybridized carbons (Fsp3) is 0.560. The van der Waals surface area contributed by atoms with Gasteiger partial charge in [-0.15, -0.1) is 0 Å². The first-order valence-electron chi connectivity index (χ1n) is 12.0. The average Bonchev–Trinajstić information content (AvgIpc) is 3.69. The van der Waals surface area contributed by atoms with Gasteiger partial charge in [0, 0.05) is 43.7 Å². The molecule has 182 valence electrons. The van der Waals surface area contributed by atoms with Gasteiger partial charge < -0.3 is 9.64 Å². The number of hydrogen-bond acceptors (Lipinski definition) is 5. The van der Waals surface area contributed by atoms with Crippen molar-refractivity contribution in [2.75, 3.05) is 39.4 Å². The summed E-state index contributed by atoms with van der Waals surface area (Å²) in [6.45, 7) is 6.53. The van der Waals surface area contributed by atoms with Crippen LogP contribution in [-0.2, 0) is 10.9 Å². The highest BCUT2D eigenvalue weighted by molar-refractivity contribution is 5.97. The first kappa shape index (κ1) is 23.2. The van der Waals surface area contributed by atoms with Gasteiger partial charge in [-0.2, -0.15) is 13.2 Å². The Morgan fingerprint density at radius 2 is 1.74 bits per heavy atom. The lowest BCUT2D eigenvalue weighted by Gasteiger charge is -2.40. The van der Waals surface area contributed by atoms with Crippen molar-refractivity contribution in [1.82, 2.24) is 19.8 Å². The first-order valence-corrected chi connectivity index (χ1v) is 12.0. The predicted octanol–water partition coefficient (Wildman–Crippen LogP) is 4.29. The molecule has 34 heavy (non-hydrogen) atoms. The van der Waals surface area contributed by atoms with Crippen LogP contribution in [-0.4, -0.2) is 71.1 Å². The maximum absolute atomic E-state index is 13.6. The zero-order valence-corrected chi connectivity index (χ0v) is 19.3. The molecule has 0 N–H and O–H groups in total. The lowest BCUT2D eigenvalue weighted by Crippen LogP contribution is -2.50. The van der Waals surface area contributed by atoms with E-state index in [0.29, 0.717) is 41.6 Å². The Hall–Kier alpha value is -2.52. The second kappa shape index (κ2) is 9.26. The molecule has 0 unspecified atom stereocenters. The summed E-state index contributed by atoms with van der Waals surface area (Å²) in [6, 6.07) is 5.53. The van der Waals surface area contributed by atoms with Gasteiger partial charge in [0.05, 0.1) is 35.7 Å². The number of morpholine rings is 1. The third-order valence-electron chi connectivity index (χ3n) is 7.06. The summed E-state index contributed by atoms with van der Waals surface area (Å²) in [5.41, 5.74) is 1.32. The number of piperidine rings is 1. The number of hydrogen-bond donors (Lipinski definition) is 0. The molecule has 5 rings (SSSR count). The third kappa shape index (κ3) is 4.81. The van der Waals surface area contributed by atoms with Crippen molar-refractivity contribution in [3.63, 3.8) is 0 Å². The number of benzene rings is 1. The molecule has 6 nitrogen and oxygen atoms in total. The zero-order valence-electron chi connectivity index (χ0n) is 19.3. The van der Waals surface area contributed by atoms with Gasteiger partial charge in [0.2, 0.25) is 0 Å². The van der Waals surface area contributed by atoms with Crippen molar-refractivity contribution in [3.8, 4) is 11.4 Å². The monoisotopic (exact) mass is 474 g/mol. The van der Waals surface area contributed by atoms with Crippen LogP contribution in [0.2, 0.25) is 0 Å². The third-order valence-corrected chi connectivity index (χ3v) is 7.06. The number of halogens is 3. The number of nitrogens with zero attached hydrogens (tertiary/aromatic N) is 4. The van der Waals surface area contributed by atoms with Crippen LogP contribution in [0.4, 0.5) is 13.2 Å². The number of carbonyl (C=O) groups is 1. The van der Waals surface area contributed by atoms with Gasteiger partial charge in [0.15, 0.2) is 5.82 Å². The molecule has 2 aliphatic heterocycles. The predicted molar refractivity (Wildman–Crippen MR) is 120 cm³/mol. The Kier molecular flexibility index (Phi) is 6.33. The van der Waals surface area contributed by atoms with Gasteiger partial charge in [-0.1, -0.05) is 12.1 Å². The summed E-state index contributed by atoms with van der Waals surface area (Å²) >= 11 is 0. The number of aromatic nitrogens is 2.